The van der Waals surface area contributed by atoms with E-state index in [1.54, 1.807) is 0 Å². The summed E-state index contributed by atoms with van der Waals surface area (Å²) in [7, 11) is 0. The van der Waals surface area contributed by atoms with Crippen molar-refractivity contribution in [3.63, 3.8) is 0 Å². The molecule has 0 aromatic heterocycles. The quantitative estimate of drug-likeness (QED) is 0.653. The summed E-state index contributed by atoms with van der Waals surface area (Å²) in [5.74, 6) is 0.678. The molecule has 18 heavy (non-hydrogen) atoms. The molecule has 1 aromatic carbocycles. The zero-order valence-electron chi connectivity index (χ0n) is 11.5. The van der Waals surface area contributed by atoms with Crippen LogP contribution >= 0.6 is 0 Å². The van der Waals surface area contributed by atoms with Crippen LogP contribution in [0.4, 0.5) is 11.4 Å². The SMILES string of the molecule is CCCC(C)(O)CNc1cccc(OCC)c1N. The van der Waals surface area contributed by atoms with E-state index in [9.17, 15) is 5.11 Å². The van der Waals surface area contributed by atoms with Gasteiger partial charge < -0.3 is 20.9 Å². The van der Waals surface area contributed by atoms with E-state index in [4.69, 9.17) is 10.5 Å². The molecule has 0 saturated carbocycles. The van der Waals surface area contributed by atoms with Crippen LogP contribution in [0.15, 0.2) is 18.2 Å². The van der Waals surface area contributed by atoms with Crippen LogP contribution in [0.2, 0.25) is 0 Å². The Morgan fingerprint density at radius 1 is 1.39 bits per heavy atom. The van der Waals surface area contributed by atoms with Gasteiger partial charge in [0.15, 0.2) is 0 Å². The molecule has 4 nitrogen and oxygen atoms in total. The minimum Gasteiger partial charge on any atom is -0.492 e. The number of nitrogen functional groups attached to an aromatic ring is 1. The van der Waals surface area contributed by atoms with Crippen LogP contribution in [-0.2, 0) is 0 Å². The highest BCUT2D eigenvalue weighted by molar-refractivity contribution is 5.72. The Hall–Kier alpha value is -1.42. The Balaban J connectivity index is 2.70. The van der Waals surface area contributed by atoms with Gasteiger partial charge in [-0.25, -0.2) is 0 Å². The van der Waals surface area contributed by atoms with Crippen LogP contribution in [-0.4, -0.2) is 23.9 Å². The molecule has 0 heterocycles. The molecular formula is C14H24N2O2. The molecule has 102 valence electrons. The predicted molar refractivity (Wildman–Crippen MR) is 76.0 cm³/mol. The summed E-state index contributed by atoms with van der Waals surface area (Å²) < 4.78 is 5.43. The second kappa shape index (κ2) is 6.50. The van der Waals surface area contributed by atoms with Gasteiger partial charge in [-0.15, -0.1) is 0 Å². The first-order chi connectivity index (χ1) is 8.50. The van der Waals surface area contributed by atoms with Gasteiger partial charge in [-0.2, -0.15) is 0 Å². The van der Waals surface area contributed by atoms with Crippen molar-refractivity contribution in [2.45, 2.75) is 39.2 Å². The molecule has 0 aliphatic heterocycles. The number of ether oxygens (including phenoxy) is 1. The molecule has 0 saturated heterocycles. The monoisotopic (exact) mass is 252 g/mol. The van der Waals surface area contributed by atoms with Crippen molar-refractivity contribution < 1.29 is 9.84 Å². The van der Waals surface area contributed by atoms with E-state index in [1.165, 1.54) is 0 Å². The molecule has 4 N–H and O–H groups in total. The topological polar surface area (TPSA) is 67.5 Å². The molecule has 0 bridgehead atoms. The van der Waals surface area contributed by atoms with Gasteiger partial charge >= 0.3 is 0 Å². The van der Waals surface area contributed by atoms with E-state index in [1.807, 2.05) is 32.0 Å². The molecule has 1 atom stereocenters. The van der Waals surface area contributed by atoms with Gasteiger partial charge in [-0.1, -0.05) is 19.4 Å². The second-order valence-electron chi connectivity index (χ2n) is 4.75. The Bertz CT molecular complexity index is 378. The maximum Gasteiger partial charge on any atom is 0.144 e. The number of para-hydroxylation sites is 1. The number of nitrogens with one attached hydrogen (secondary N) is 1. The molecule has 1 unspecified atom stereocenters. The molecular weight excluding hydrogens is 228 g/mol. The lowest BCUT2D eigenvalue weighted by Gasteiger charge is -2.24. The van der Waals surface area contributed by atoms with E-state index in [0.717, 1.165) is 18.5 Å². The summed E-state index contributed by atoms with van der Waals surface area (Å²) >= 11 is 0. The van der Waals surface area contributed by atoms with Gasteiger partial charge in [0.05, 0.1) is 23.6 Å². The third-order valence-corrected chi connectivity index (χ3v) is 2.81. The van der Waals surface area contributed by atoms with Crippen LogP contribution in [0.5, 0.6) is 5.75 Å². The smallest absolute Gasteiger partial charge is 0.144 e. The van der Waals surface area contributed by atoms with Crippen molar-refractivity contribution in [2.24, 2.45) is 0 Å². The van der Waals surface area contributed by atoms with Gasteiger partial charge in [0, 0.05) is 6.54 Å². The van der Waals surface area contributed by atoms with Crippen LogP contribution in [0.25, 0.3) is 0 Å². The number of aliphatic hydroxyl groups is 1. The largest absolute Gasteiger partial charge is 0.492 e. The molecule has 0 radical (unpaired) electrons. The maximum absolute atomic E-state index is 10.1. The van der Waals surface area contributed by atoms with Crippen LogP contribution < -0.4 is 15.8 Å². The maximum atomic E-state index is 10.1. The van der Waals surface area contributed by atoms with Crippen LogP contribution in [0, 0.1) is 0 Å². The van der Waals surface area contributed by atoms with Crippen molar-refractivity contribution >= 4 is 11.4 Å². The Morgan fingerprint density at radius 2 is 2.11 bits per heavy atom. The highest BCUT2D eigenvalue weighted by Gasteiger charge is 2.19. The van der Waals surface area contributed by atoms with Crippen molar-refractivity contribution in [1.82, 2.24) is 0 Å². The third kappa shape index (κ3) is 4.11. The normalized spacial score (nSPS) is 14.0. The minimum absolute atomic E-state index is 0.473. The Kier molecular flexibility index (Phi) is 5.28. The number of rotatable bonds is 7. The second-order valence-corrected chi connectivity index (χ2v) is 4.75. The first-order valence-electron chi connectivity index (χ1n) is 6.47. The van der Waals surface area contributed by atoms with Crippen molar-refractivity contribution in [3.8, 4) is 5.75 Å². The zero-order chi connectivity index (χ0) is 13.6. The lowest BCUT2D eigenvalue weighted by atomic mass is 10.0. The zero-order valence-corrected chi connectivity index (χ0v) is 11.5. The van der Waals surface area contributed by atoms with E-state index in [0.29, 0.717) is 24.6 Å². The van der Waals surface area contributed by atoms with Crippen LogP contribution in [0.1, 0.15) is 33.6 Å². The van der Waals surface area contributed by atoms with Crippen molar-refractivity contribution in [2.75, 3.05) is 24.2 Å². The molecule has 0 aliphatic carbocycles. The number of hydrogen-bond donors (Lipinski definition) is 3. The molecule has 1 aromatic rings. The molecule has 1 rings (SSSR count). The number of nitrogens with two attached hydrogens (primary N) is 1. The lowest BCUT2D eigenvalue weighted by molar-refractivity contribution is 0.0637. The fourth-order valence-electron chi connectivity index (χ4n) is 1.89. The number of anilines is 2. The number of benzene rings is 1. The number of hydrogen-bond acceptors (Lipinski definition) is 4. The molecule has 0 fully saturated rings. The van der Waals surface area contributed by atoms with Crippen molar-refractivity contribution in [3.05, 3.63) is 18.2 Å². The van der Waals surface area contributed by atoms with Gasteiger partial charge in [0.25, 0.3) is 0 Å². The lowest BCUT2D eigenvalue weighted by Crippen LogP contribution is -2.33. The average molecular weight is 252 g/mol. The highest BCUT2D eigenvalue weighted by Crippen LogP contribution is 2.29. The van der Waals surface area contributed by atoms with Gasteiger partial charge in [-0.3, -0.25) is 0 Å². The van der Waals surface area contributed by atoms with Gasteiger partial charge in [-0.05, 0) is 32.4 Å². The van der Waals surface area contributed by atoms with Gasteiger partial charge in [0.2, 0.25) is 0 Å². The minimum atomic E-state index is -0.719. The fraction of sp³-hybridized carbons (Fsp3) is 0.571. The first kappa shape index (κ1) is 14.6. The summed E-state index contributed by atoms with van der Waals surface area (Å²) in [6.45, 7) is 6.86. The summed E-state index contributed by atoms with van der Waals surface area (Å²) in [6.07, 6.45) is 1.70. The summed E-state index contributed by atoms with van der Waals surface area (Å²) in [5.41, 5.74) is 6.68. The van der Waals surface area contributed by atoms with Crippen LogP contribution in [0.3, 0.4) is 0 Å². The standard InChI is InChI=1S/C14H24N2O2/c1-4-9-14(3,17)10-16-11-7-6-8-12(13(11)15)18-5-2/h6-8,16-17H,4-5,9-10,15H2,1-3H3. The van der Waals surface area contributed by atoms with E-state index in [-0.39, 0.29) is 0 Å². The summed E-state index contributed by atoms with van der Waals surface area (Å²) in [5, 5.41) is 13.3. The van der Waals surface area contributed by atoms with E-state index in [2.05, 4.69) is 12.2 Å². The van der Waals surface area contributed by atoms with E-state index >= 15 is 0 Å². The molecule has 0 spiro atoms. The van der Waals surface area contributed by atoms with Gasteiger partial charge in [0.1, 0.15) is 5.75 Å². The highest BCUT2D eigenvalue weighted by atomic mass is 16.5. The molecule has 0 aliphatic rings. The molecule has 4 heteroatoms. The fourth-order valence-corrected chi connectivity index (χ4v) is 1.89. The average Bonchev–Trinajstić information content (AvgIpc) is 2.30. The summed E-state index contributed by atoms with van der Waals surface area (Å²) in [4.78, 5) is 0. The Labute approximate surface area is 109 Å². The third-order valence-electron chi connectivity index (χ3n) is 2.81. The van der Waals surface area contributed by atoms with E-state index < -0.39 is 5.60 Å². The van der Waals surface area contributed by atoms with Crippen molar-refractivity contribution in [1.29, 1.82) is 0 Å². The molecule has 0 amide bonds. The predicted octanol–water partition coefficient (Wildman–Crippen LogP) is 2.63. The first-order valence-corrected chi connectivity index (χ1v) is 6.47. The Morgan fingerprint density at radius 3 is 2.72 bits per heavy atom. The summed E-state index contributed by atoms with van der Waals surface area (Å²) in [6, 6.07) is 5.62.